The van der Waals surface area contributed by atoms with Crippen molar-refractivity contribution in [2.24, 2.45) is 0 Å². The fourth-order valence-corrected chi connectivity index (χ4v) is 4.88. The van der Waals surface area contributed by atoms with Crippen molar-refractivity contribution in [3.63, 3.8) is 0 Å². The van der Waals surface area contributed by atoms with Gasteiger partial charge in [-0.1, -0.05) is 6.42 Å². The molecule has 4 heterocycles. The molecule has 3 aliphatic heterocycles. The number of hydrogen-bond acceptors (Lipinski definition) is 5. The van der Waals surface area contributed by atoms with E-state index in [1.54, 1.807) is 6.92 Å². The number of carbonyl (C=O) groups excluding carboxylic acids is 2. The number of hydrogen-bond donors (Lipinski definition) is 0. The van der Waals surface area contributed by atoms with Crippen LogP contribution in [0.25, 0.3) is 0 Å². The number of amides is 2. The highest BCUT2D eigenvalue weighted by Gasteiger charge is 2.31. The minimum absolute atomic E-state index is 0.00364. The number of aromatic nitrogens is 2. The third kappa shape index (κ3) is 4.44. The van der Waals surface area contributed by atoms with Crippen LogP contribution in [0.5, 0.6) is 0 Å². The van der Waals surface area contributed by atoms with E-state index in [0.717, 1.165) is 69.1 Å². The number of piperidine rings is 2. The first-order valence-corrected chi connectivity index (χ1v) is 11.2. The van der Waals surface area contributed by atoms with Crippen molar-refractivity contribution in [1.29, 1.82) is 0 Å². The lowest BCUT2D eigenvalue weighted by Crippen LogP contribution is -2.50. The molecule has 7 nitrogen and oxygen atoms in total. The first-order valence-electron chi connectivity index (χ1n) is 11.2. The molecular weight excluding hydrogens is 366 g/mol. The number of fused-ring (bicyclic) bond motifs is 1. The van der Waals surface area contributed by atoms with Crippen LogP contribution in [0.4, 0.5) is 0 Å². The summed E-state index contributed by atoms with van der Waals surface area (Å²) in [4.78, 5) is 40.3. The largest absolute Gasteiger partial charge is 0.341 e. The van der Waals surface area contributed by atoms with Gasteiger partial charge in [0.2, 0.25) is 11.8 Å². The summed E-state index contributed by atoms with van der Waals surface area (Å²) in [7, 11) is 0. The maximum absolute atomic E-state index is 12.9. The van der Waals surface area contributed by atoms with Gasteiger partial charge >= 0.3 is 0 Å². The molecular formula is C22H33N5O2. The van der Waals surface area contributed by atoms with E-state index < -0.39 is 0 Å². The molecule has 0 saturated carbocycles. The fraction of sp³-hybridized carbons (Fsp3) is 0.727. The number of nitrogens with zero attached hydrogens (tertiary/aromatic N) is 5. The van der Waals surface area contributed by atoms with Gasteiger partial charge in [-0.05, 0) is 45.7 Å². The predicted molar refractivity (Wildman–Crippen MR) is 110 cm³/mol. The second-order valence-corrected chi connectivity index (χ2v) is 8.76. The van der Waals surface area contributed by atoms with Gasteiger partial charge in [0.05, 0.1) is 11.7 Å². The lowest BCUT2D eigenvalue weighted by molar-refractivity contribution is -0.138. The van der Waals surface area contributed by atoms with E-state index in [0.29, 0.717) is 12.5 Å². The van der Waals surface area contributed by atoms with Crippen LogP contribution in [0.1, 0.15) is 69.0 Å². The first-order chi connectivity index (χ1) is 14.0. The molecule has 4 rings (SSSR count). The van der Waals surface area contributed by atoms with Crippen molar-refractivity contribution in [2.45, 2.75) is 70.9 Å². The number of carbonyl (C=O) groups is 2. The van der Waals surface area contributed by atoms with Crippen LogP contribution < -0.4 is 0 Å². The summed E-state index contributed by atoms with van der Waals surface area (Å²) in [5.41, 5.74) is 2.16. The first kappa shape index (κ1) is 20.3. The van der Waals surface area contributed by atoms with Crippen LogP contribution in [0.15, 0.2) is 6.20 Å². The zero-order valence-corrected chi connectivity index (χ0v) is 17.8. The second kappa shape index (κ2) is 8.78. The Kier molecular flexibility index (Phi) is 6.13. The molecule has 3 aliphatic rings. The molecule has 7 heteroatoms. The van der Waals surface area contributed by atoms with Crippen molar-refractivity contribution in [3.05, 3.63) is 23.3 Å². The Morgan fingerprint density at radius 1 is 1.03 bits per heavy atom. The summed E-state index contributed by atoms with van der Waals surface area (Å²) < 4.78 is 0. The fourth-order valence-electron chi connectivity index (χ4n) is 4.88. The van der Waals surface area contributed by atoms with Crippen molar-refractivity contribution in [3.8, 4) is 0 Å². The molecule has 0 spiro atoms. The Hall–Kier alpha value is -2.02. The molecule has 0 bridgehead atoms. The highest BCUT2D eigenvalue weighted by Crippen LogP contribution is 2.28. The van der Waals surface area contributed by atoms with E-state index in [1.807, 2.05) is 16.0 Å². The third-order valence-electron chi connectivity index (χ3n) is 6.87. The van der Waals surface area contributed by atoms with Gasteiger partial charge in [0, 0.05) is 57.2 Å². The van der Waals surface area contributed by atoms with Crippen molar-refractivity contribution in [2.75, 3.05) is 32.7 Å². The molecule has 2 saturated heterocycles. The van der Waals surface area contributed by atoms with E-state index in [9.17, 15) is 9.59 Å². The normalized spacial score (nSPS) is 22.3. The summed E-state index contributed by atoms with van der Waals surface area (Å²) in [5.74, 6) is 1.62. The summed E-state index contributed by atoms with van der Waals surface area (Å²) in [5, 5.41) is 0. The van der Waals surface area contributed by atoms with Gasteiger partial charge < -0.3 is 9.80 Å². The quantitative estimate of drug-likeness (QED) is 0.777. The van der Waals surface area contributed by atoms with E-state index in [4.69, 9.17) is 4.98 Å². The molecule has 1 aromatic rings. The average molecular weight is 400 g/mol. The van der Waals surface area contributed by atoms with Crippen LogP contribution in [-0.2, 0) is 22.6 Å². The maximum atomic E-state index is 12.9. The standard InChI is InChI=1S/C22H33N5O2/c1-16(25-9-4-3-5-10-25)22(29)26-11-6-18(7-12-26)21-23-14-19-15-27(17(2)28)13-8-20(19)24-21/h14,16,18H,3-13,15H2,1-2H3/t16-/m0/s1. The minimum Gasteiger partial charge on any atom is -0.341 e. The molecule has 0 unspecified atom stereocenters. The summed E-state index contributed by atoms with van der Waals surface area (Å²) in [6.45, 7) is 8.71. The third-order valence-corrected chi connectivity index (χ3v) is 6.87. The van der Waals surface area contributed by atoms with Crippen molar-refractivity contribution >= 4 is 11.8 Å². The summed E-state index contributed by atoms with van der Waals surface area (Å²) in [6.07, 6.45) is 8.26. The highest BCUT2D eigenvalue weighted by atomic mass is 16.2. The zero-order chi connectivity index (χ0) is 20.4. The van der Waals surface area contributed by atoms with Gasteiger partial charge in [-0.15, -0.1) is 0 Å². The molecule has 158 valence electrons. The Morgan fingerprint density at radius 2 is 1.76 bits per heavy atom. The maximum Gasteiger partial charge on any atom is 0.239 e. The molecule has 2 fully saturated rings. The summed E-state index contributed by atoms with van der Waals surface area (Å²) in [6, 6.07) is -0.00364. The SMILES string of the molecule is CC(=O)N1CCc2nc(C3CCN(C(=O)[C@H](C)N4CCCCC4)CC3)ncc2C1. The van der Waals surface area contributed by atoms with Crippen LogP contribution in [-0.4, -0.2) is 75.2 Å². The molecule has 0 N–H and O–H groups in total. The van der Waals surface area contributed by atoms with Gasteiger partial charge in [0.15, 0.2) is 0 Å². The molecule has 0 aromatic carbocycles. The molecule has 0 aliphatic carbocycles. The van der Waals surface area contributed by atoms with E-state index in [1.165, 1.54) is 19.3 Å². The van der Waals surface area contributed by atoms with E-state index in [2.05, 4.69) is 16.8 Å². The highest BCUT2D eigenvalue weighted by molar-refractivity contribution is 5.81. The van der Waals surface area contributed by atoms with Gasteiger partial charge in [0.25, 0.3) is 0 Å². The predicted octanol–water partition coefficient (Wildman–Crippen LogP) is 1.96. The summed E-state index contributed by atoms with van der Waals surface area (Å²) >= 11 is 0. The Labute approximate surface area is 173 Å². The zero-order valence-electron chi connectivity index (χ0n) is 17.8. The average Bonchev–Trinajstić information content (AvgIpc) is 2.78. The monoisotopic (exact) mass is 399 g/mol. The molecule has 2 amide bonds. The van der Waals surface area contributed by atoms with Gasteiger partial charge in [-0.25, -0.2) is 9.97 Å². The molecule has 29 heavy (non-hydrogen) atoms. The van der Waals surface area contributed by atoms with Gasteiger partial charge in [-0.3, -0.25) is 14.5 Å². The Morgan fingerprint density at radius 3 is 2.45 bits per heavy atom. The smallest absolute Gasteiger partial charge is 0.239 e. The molecule has 1 aromatic heterocycles. The number of rotatable bonds is 3. The van der Waals surface area contributed by atoms with Crippen LogP contribution in [0.2, 0.25) is 0 Å². The lowest BCUT2D eigenvalue weighted by atomic mass is 9.94. The van der Waals surface area contributed by atoms with Gasteiger partial charge in [-0.2, -0.15) is 0 Å². The molecule has 0 radical (unpaired) electrons. The Balaban J connectivity index is 1.34. The Bertz CT molecular complexity index is 754. The minimum atomic E-state index is -0.00364. The second-order valence-electron chi connectivity index (χ2n) is 8.76. The van der Waals surface area contributed by atoms with E-state index >= 15 is 0 Å². The van der Waals surface area contributed by atoms with Crippen LogP contribution >= 0.6 is 0 Å². The van der Waals surface area contributed by atoms with Crippen molar-refractivity contribution < 1.29 is 9.59 Å². The lowest BCUT2D eigenvalue weighted by Gasteiger charge is -2.37. The van der Waals surface area contributed by atoms with Crippen LogP contribution in [0.3, 0.4) is 0 Å². The van der Waals surface area contributed by atoms with Crippen molar-refractivity contribution in [1.82, 2.24) is 24.7 Å². The van der Waals surface area contributed by atoms with Gasteiger partial charge in [0.1, 0.15) is 5.82 Å². The van der Waals surface area contributed by atoms with E-state index in [-0.39, 0.29) is 17.9 Å². The topological polar surface area (TPSA) is 69.6 Å². The number of likely N-dealkylation sites (tertiary alicyclic amines) is 2. The van der Waals surface area contributed by atoms with Crippen LogP contribution in [0, 0.1) is 0 Å². The molecule has 1 atom stereocenters.